The van der Waals surface area contributed by atoms with E-state index in [2.05, 4.69) is 11.6 Å². The summed E-state index contributed by atoms with van der Waals surface area (Å²) in [6.07, 6.45) is 0.133. The smallest absolute Gasteiger partial charge is 0.343 e. The van der Waals surface area contributed by atoms with Crippen LogP contribution in [-0.2, 0) is 21.7 Å². The minimum Gasteiger partial charge on any atom is -0.458 e. The Hall–Kier alpha value is -2.08. The number of fused-ring (bicyclic) bond motifs is 1. The molecule has 0 bridgehead atoms. The summed E-state index contributed by atoms with van der Waals surface area (Å²) < 4.78 is 4.94. The fourth-order valence-electron chi connectivity index (χ4n) is 2.46. The van der Waals surface area contributed by atoms with Gasteiger partial charge in [0, 0.05) is 18.7 Å². The molecule has 0 aromatic carbocycles. The molecule has 1 aromatic rings. The SMILES string of the molecule is C=C(c1cc2c(c(=O)[nH]1)COC(=O)C2(O)CC)N(C)C(C)C. The number of ether oxygens (including phenoxy) is 1. The average molecular weight is 306 g/mol. The van der Waals surface area contributed by atoms with Crippen LogP contribution in [0.1, 0.15) is 44.0 Å². The van der Waals surface area contributed by atoms with Gasteiger partial charge in [0.25, 0.3) is 5.56 Å². The van der Waals surface area contributed by atoms with Crippen molar-refractivity contribution in [3.63, 3.8) is 0 Å². The summed E-state index contributed by atoms with van der Waals surface area (Å²) in [6.45, 7) is 9.54. The quantitative estimate of drug-likeness (QED) is 0.820. The molecule has 120 valence electrons. The van der Waals surface area contributed by atoms with Crippen LogP contribution in [0.15, 0.2) is 17.4 Å². The predicted octanol–water partition coefficient (Wildman–Crippen LogP) is 1.34. The molecule has 0 radical (unpaired) electrons. The van der Waals surface area contributed by atoms with Crippen LogP contribution in [0.5, 0.6) is 0 Å². The number of hydrogen-bond acceptors (Lipinski definition) is 5. The lowest BCUT2D eigenvalue weighted by Gasteiger charge is -2.32. The van der Waals surface area contributed by atoms with Crippen LogP contribution >= 0.6 is 0 Å². The van der Waals surface area contributed by atoms with Gasteiger partial charge in [0.15, 0.2) is 5.60 Å². The van der Waals surface area contributed by atoms with Crippen molar-refractivity contribution in [3.8, 4) is 0 Å². The molecule has 0 amide bonds. The summed E-state index contributed by atoms with van der Waals surface area (Å²) in [5, 5.41) is 10.6. The molecule has 1 unspecified atom stereocenters. The zero-order valence-electron chi connectivity index (χ0n) is 13.4. The van der Waals surface area contributed by atoms with E-state index in [-0.39, 0.29) is 30.2 Å². The van der Waals surface area contributed by atoms with Gasteiger partial charge in [-0.1, -0.05) is 13.5 Å². The Morgan fingerprint density at radius 1 is 1.55 bits per heavy atom. The van der Waals surface area contributed by atoms with Crippen molar-refractivity contribution < 1.29 is 14.6 Å². The number of H-pyrrole nitrogens is 1. The van der Waals surface area contributed by atoms with Gasteiger partial charge in [-0.3, -0.25) is 4.79 Å². The van der Waals surface area contributed by atoms with Crippen molar-refractivity contribution in [3.05, 3.63) is 39.8 Å². The highest BCUT2D eigenvalue weighted by molar-refractivity contribution is 5.83. The van der Waals surface area contributed by atoms with Crippen molar-refractivity contribution in [1.29, 1.82) is 0 Å². The van der Waals surface area contributed by atoms with Gasteiger partial charge in [-0.15, -0.1) is 0 Å². The molecule has 22 heavy (non-hydrogen) atoms. The Bertz CT molecular complexity index is 677. The Kier molecular flexibility index (Phi) is 4.15. The Morgan fingerprint density at radius 2 is 2.18 bits per heavy atom. The zero-order chi connectivity index (χ0) is 16.7. The molecule has 0 saturated carbocycles. The standard InChI is InChI=1S/C16H22N2O4/c1-6-16(21)12-7-13(10(4)18(5)9(2)3)17-14(19)11(12)8-22-15(16)20/h7,9,21H,4,6,8H2,1-3,5H3,(H,17,19). The van der Waals surface area contributed by atoms with Crippen LogP contribution in [0.3, 0.4) is 0 Å². The molecule has 2 rings (SSSR count). The third-order valence-electron chi connectivity index (χ3n) is 4.29. The van der Waals surface area contributed by atoms with Gasteiger partial charge >= 0.3 is 5.97 Å². The molecule has 6 nitrogen and oxygen atoms in total. The van der Waals surface area contributed by atoms with Crippen molar-refractivity contribution in [2.75, 3.05) is 7.05 Å². The number of aliphatic hydroxyl groups is 1. The van der Waals surface area contributed by atoms with Crippen LogP contribution in [0, 0.1) is 0 Å². The van der Waals surface area contributed by atoms with Crippen LogP contribution in [0.2, 0.25) is 0 Å². The Morgan fingerprint density at radius 3 is 2.73 bits per heavy atom. The largest absolute Gasteiger partial charge is 0.458 e. The fraction of sp³-hybridized carbons (Fsp3) is 0.500. The highest BCUT2D eigenvalue weighted by Crippen LogP contribution is 2.33. The molecule has 1 atom stereocenters. The van der Waals surface area contributed by atoms with Crippen LogP contribution in [0.4, 0.5) is 0 Å². The summed E-state index contributed by atoms with van der Waals surface area (Å²) >= 11 is 0. The molecule has 0 aliphatic carbocycles. The second-order valence-corrected chi connectivity index (χ2v) is 5.85. The number of pyridine rings is 1. The number of nitrogens with zero attached hydrogens (tertiary/aromatic N) is 1. The number of nitrogens with one attached hydrogen (secondary N) is 1. The second kappa shape index (κ2) is 5.61. The molecule has 6 heteroatoms. The Balaban J connectivity index is 2.60. The maximum atomic E-state index is 12.3. The van der Waals surface area contributed by atoms with Crippen molar-refractivity contribution >= 4 is 11.7 Å². The van der Waals surface area contributed by atoms with E-state index in [9.17, 15) is 14.7 Å². The number of carbonyl (C=O) groups excluding carboxylic acids is 1. The maximum absolute atomic E-state index is 12.3. The lowest BCUT2D eigenvalue weighted by Crippen LogP contribution is -2.43. The van der Waals surface area contributed by atoms with Gasteiger partial charge in [0.2, 0.25) is 0 Å². The highest BCUT2D eigenvalue weighted by Gasteiger charge is 2.44. The van der Waals surface area contributed by atoms with Gasteiger partial charge < -0.3 is 19.7 Å². The van der Waals surface area contributed by atoms with Crippen LogP contribution in [-0.4, -0.2) is 34.0 Å². The zero-order valence-corrected chi connectivity index (χ0v) is 13.4. The number of cyclic esters (lactones) is 1. The number of rotatable bonds is 4. The summed E-state index contributed by atoms with van der Waals surface area (Å²) in [7, 11) is 1.87. The van der Waals surface area contributed by atoms with E-state index in [0.29, 0.717) is 17.0 Å². The molecule has 0 fully saturated rings. The first kappa shape index (κ1) is 16.3. The van der Waals surface area contributed by atoms with Gasteiger partial charge in [-0.25, -0.2) is 4.79 Å². The third kappa shape index (κ3) is 2.43. The first-order valence-corrected chi connectivity index (χ1v) is 7.30. The molecular weight excluding hydrogens is 284 g/mol. The van der Waals surface area contributed by atoms with Gasteiger partial charge in [-0.2, -0.15) is 0 Å². The fourth-order valence-corrected chi connectivity index (χ4v) is 2.46. The van der Waals surface area contributed by atoms with Crippen LogP contribution < -0.4 is 5.56 Å². The van der Waals surface area contributed by atoms with E-state index in [1.54, 1.807) is 13.0 Å². The molecule has 2 heterocycles. The van der Waals surface area contributed by atoms with E-state index in [0.717, 1.165) is 0 Å². The molecule has 0 spiro atoms. The number of aromatic nitrogens is 1. The van der Waals surface area contributed by atoms with E-state index in [4.69, 9.17) is 4.74 Å². The summed E-state index contributed by atoms with van der Waals surface area (Å²) in [5.41, 5.74) is -0.456. The van der Waals surface area contributed by atoms with Crippen LogP contribution in [0.25, 0.3) is 5.70 Å². The minimum atomic E-state index is -1.78. The lowest BCUT2D eigenvalue weighted by atomic mass is 9.86. The van der Waals surface area contributed by atoms with E-state index in [1.807, 2.05) is 25.8 Å². The van der Waals surface area contributed by atoms with Crippen molar-refractivity contribution in [2.45, 2.75) is 45.4 Å². The normalized spacial score (nSPS) is 20.5. The topological polar surface area (TPSA) is 82.6 Å². The molecule has 1 aromatic heterocycles. The molecular formula is C16H22N2O4. The number of carbonyl (C=O) groups is 1. The number of aromatic amines is 1. The van der Waals surface area contributed by atoms with Gasteiger partial charge in [0.1, 0.15) is 6.61 Å². The van der Waals surface area contributed by atoms with Gasteiger partial charge in [0.05, 0.1) is 17.0 Å². The first-order chi connectivity index (χ1) is 10.2. The Labute approximate surface area is 129 Å². The average Bonchev–Trinajstić information content (AvgIpc) is 2.49. The molecule has 1 aliphatic rings. The van der Waals surface area contributed by atoms with E-state index in [1.165, 1.54) is 0 Å². The molecule has 0 saturated heterocycles. The molecule has 2 N–H and O–H groups in total. The predicted molar refractivity (Wildman–Crippen MR) is 83.0 cm³/mol. The van der Waals surface area contributed by atoms with E-state index >= 15 is 0 Å². The summed E-state index contributed by atoms with van der Waals surface area (Å²) in [6, 6.07) is 1.82. The number of hydrogen-bond donors (Lipinski definition) is 2. The summed E-state index contributed by atoms with van der Waals surface area (Å²) in [4.78, 5) is 28.9. The van der Waals surface area contributed by atoms with Crippen molar-refractivity contribution in [1.82, 2.24) is 9.88 Å². The second-order valence-electron chi connectivity index (χ2n) is 5.85. The lowest BCUT2D eigenvalue weighted by molar-refractivity contribution is -0.172. The summed E-state index contributed by atoms with van der Waals surface area (Å²) in [5.74, 6) is -0.720. The minimum absolute atomic E-state index is 0.126. The van der Waals surface area contributed by atoms with Crippen molar-refractivity contribution in [2.24, 2.45) is 0 Å². The number of esters is 1. The highest BCUT2D eigenvalue weighted by atomic mass is 16.6. The van der Waals surface area contributed by atoms with E-state index < -0.39 is 11.6 Å². The maximum Gasteiger partial charge on any atom is 0.343 e. The third-order valence-corrected chi connectivity index (χ3v) is 4.29. The first-order valence-electron chi connectivity index (χ1n) is 7.30. The van der Waals surface area contributed by atoms with Gasteiger partial charge in [-0.05, 0) is 26.3 Å². The molecule has 1 aliphatic heterocycles. The monoisotopic (exact) mass is 306 g/mol.